The van der Waals surface area contributed by atoms with Crippen molar-refractivity contribution in [2.24, 2.45) is 0 Å². The third-order valence-electron chi connectivity index (χ3n) is 5.35. The first-order chi connectivity index (χ1) is 15.0. The van der Waals surface area contributed by atoms with Crippen LogP contribution in [0.4, 0.5) is 0 Å². The highest BCUT2D eigenvalue weighted by atomic mass is 31.2. The number of aliphatic hydroxyl groups is 1. The summed E-state index contributed by atoms with van der Waals surface area (Å²) in [6.45, 7) is 4.44. The standard InChI is InChI=1S/C23H49N2O6P/c1-6-8-10-11-12-13-15-16-22(26)21(24-23(27)17-14-9-7-2)20-31-32(28,29)30-19-18-25(3,4)5/h21-22,26H,6-20H2,1-5H3,(H-,24,27,28,29). The minimum absolute atomic E-state index is 0.0128. The van der Waals surface area contributed by atoms with Gasteiger partial charge in [0.1, 0.15) is 13.2 Å². The minimum atomic E-state index is -4.51. The number of carbonyl (C=O) groups excluding carboxylic acids is 1. The van der Waals surface area contributed by atoms with E-state index in [4.69, 9.17) is 9.05 Å². The van der Waals surface area contributed by atoms with Crippen molar-refractivity contribution in [3.63, 3.8) is 0 Å². The van der Waals surface area contributed by atoms with E-state index in [1.165, 1.54) is 25.7 Å². The number of carbonyl (C=O) groups is 1. The van der Waals surface area contributed by atoms with Gasteiger partial charge in [0.25, 0.3) is 7.82 Å². The smallest absolute Gasteiger partial charge is 0.268 e. The molecule has 9 heteroatoms. The molecule has 0 heterocycles. The summed E-state index contributed by atoms with van der Waals surface area (Å²) in [6, 6.07) is -0.784. The Hall–Kier alpha value is -0.500. The van der Waals surface area contributed by atoms with E-state index >= 15 is 0 Å². The Morgan fingerprint density at radius 2 is 1.53 bits per heavy atom. The van der Waals surface area contributed by atoms with Crippen molar-refractivity contribution in [3.8, 4) is 0 Å². The van der Waals surface area contributed by atoms with E-state index in [-0.39, 0.29) is 19.1 Å². The Balaban J connectivity index is 4.63. The van der Waals surface area contributed by atoms with Crippen LogP contribution in [-0.4, -0.2) is 68.5 Å². The number of hydrogen-bond donors (Lipinski definition) is 2. The number of amides is 1. The second kappa shape index (κ2) is 17.9. The number of nitrogens with one attached hydrogen (secondary N) is 1. The third-order valence-corrected chi connectivity index (χ3v) is 6.31. The van der Waals surface area contributed by atoms with Gasteiger partial charge in [0, 0.05) is 6.42 Å². The molecule has 192 valence electrons. The van der Waals surface area contributed by atoms with Crippen LogP contribution in [0, 0.1) is 0 Å². The SMILES string of the molecule is CCCCCCCCCC(O)C(COP(=O)([O-])OCC[N+](C)(C)C)NC(=O)CCCCC. The van der Waals surface area contributed by atoms with Crippen molar-refractivity contribution in [2.75, 3.05) is 40.9 Å². The summed E-state index contributed by atoms with van der Waals surface area (Å²) >= 11 is 0. The number of likely N-dealkylation sites (N-methyl/N-ethyl adjacent to an activating group) is 1. The second-order valence-electron chi connectivity index (χ2n) is 9.70. The molecule has 1 amide bonds. The van der Waals surface area contributed by atoms with Crippen molar-refractivity contribution in [1.82, 2.24) is 5.32 Å². The Morgan fingerprint density at radius 1 is 0.969 bits per heavy atom. The molecule has 0 aromatic carbocycles. The van der Waals surface area contributed by atoms with Crippen LogP contribution in [0.3, 0.4) is 0 Å². The molecule has 8 nitrogen and oxygen atoms in total. The second-order valence-corrected chi connectivity index (χ2v) is 11.1. The molecule has 0 aliphatic rings. The topological polar surface area (TPSA) is 108 Å². The van der Waals surface area contributed by atoms with Gasteiger partial charge in [-0.2, -0.15) is 0 Å². The number of rotatable bonds is 21. The van der Waals surface area contributed by atoms with Gasteiger partial charge in [-0.25, -0.2) is 0 Å². The monoisotopic (exact) mass is 480 g/mol. The number of aliphatic hydroxyl groups excluding tert-OH is 1. The van der Waals surface area contributed by atoms with E-state index in [0.717, 1.165) is 38.5 Å². The fourth-order valence-electron chi connectivity index (χ4n) is 3.21. The summed E-state index contributed by atoms with van der Waals surface area (Å²) in [5.74, 6) is -0.197. The lowest BCUT2D eigenvalue weighted by Crippen LogP contribution is -2.46. The molecule has 3 atom stereocenters. The van der Waals surface area contributed by atoms with Crippen LogP contribution in [0.15, 0.2) is 0 Å². The molecule has 32 heavy (non-hydrogen) atoms. The molecule has 0 saturated heterocycles. The van der Waals surface area contributed by atoms with Crippen molar-refractivity contribution in [1.29, 1.82) is 0 Å². The zero-order valence-electron chi connectivity index (χ0n) is 21.1. The molecule has 0 saturated carbocycles. The quantitative estimate of drug-likeness (QED) is 0.147. The van der Waals surface area contributed by atoms with E-state index in [9.17, 15) is 19.4 Å². The maximum absolute atomic E-state index is 12.3. The fourth-order valence-corrected chi connectivity index (χ4v) is 3.93. The largest absolute Gasteiger partial charge is 0.756 e. The van der Waals surface area contributed by atoms with Crippen LogP contribution >= 0.6 is 7.82 Å². The summed E-state index contributed by atoms with van der Waals surface area (Å²) in [5, 5.41) is 13.4. The Morgan fingerprint density at radius 3 is 2.12 bits per heavy atom. The molecule has 0 aromatic heterocycles. The number of quaternary nitrogens is 1. The Bertz CT molecular complexity index is 527. The number of unbranched alkanes of at least 4 members (excludes halogenated alkanes) is 8. The first kappa shape index (κ1) is 31.5. The normalized spacial score (nSPS) is 15.8. The Kier molecular flexibility index (Phi) is 17.6. The molecule has 0 aromatic rings. The zero-order valence-corrected chi connectivity index (χ0v) is 22.0. The molecule has 2 N–H and O–H groups in total. The average Bonchev–Trinajstić information content (AvgIpc) is 2.69. The molecule has 0 aliphatic heterocycles. The average molecular weight is 481 g/mol. The van der Waals surface area contributed by atoms with Crippen molar-refractivity contribution >= 4 is 13.7 Å². The molecule has 3 unspecified atom stereocenters. The first-order valence-electron chi connectivity index (χ1n) is 12.4. The van der Waals surface area contributed by atoms with E-state index < -0.39 is 20.0 Å². The van der Waals surface area contributed by atoms with Gasteiger partial charge in [-0.15, -0.1) is 0 Å². The van der Waals surface area contributed by atoms with Gasteiger partial charge in [-0.3, -0.25) is 9.36 Å². The summed E-state index contributed by atoms with van der Waals surface area (Å²) in [5.41, 5.74) is 0. The minimum Gasteiger partial charge on any atom is -0.756 e. The van der Waals surface area contributed by atoms with Crippen LogP contribution in [0.2, 0.25) is 0 Å². The van der Waals surface area contributed by atoms with Crippen LogP contribution < -0.4 is 10.2 Å². The number of phosphoric acid groups is 1. The number of nitrogens with zero attached hydrogens (tertiary/aromatic N) is 1. The molecular formula is C23H49N2O6P. The lowest BCUT2D eigenvalue weighted by molar-refractivity contribution is -0.870. The summed E-state index contributed by atoms with van der Waals surface area (Å²) in [4.78, 5) is 24.4. The summed E-state index contributed by atoms with van der Waals surface area (Å²) in [6.07, 6.45) is 10.5. The van der Waals surface area contributed by atoms with Crippen molar-refractivity contribution < 1.29 is 32.9 Å². The van der Waals surface area contributed by atoms with Gasteiger partial charge >= 0.3 is 0 Å². The van der Waals surface area contributed by atoms with Crippen molar-refractivity contribution in [3.05, 3.63) is 0 Å². The molecule has 0 bridgehead atoms. The fraction of sp³-hybridized carbons (Fsp3) is 0.957. The van der Waals surface area contributed by atoms with Gasteiger partial charge in [0.2, 0.25) is 5.91 Å². The maximum Gasteiger partial charge on any atom is 0.268 e. The van der Waals surface area contributed by atoms with Crippen LogP contribution in [-0.2, 0) is 18.4 Å². The predicted molar refractivity (Wildman–Crippen MR) is 127 cm³/mol. The van der Waals surface area contributed by atoms with Gasteiger partial charge in [0.15, 0.2) is 0 Å². The van der Waals surface area contributed by atoms with E-state index in [1.807, 2.05) is 21.1 Å². The lowest BCUT2D eigenvalue weighted by atomic mass is 10.0. The van der Waals surface area contributed by atoms with E-state index in [0.29, 0.717) is 23.9 Å². The predicted octanol–water partition coefficient (Wildman–Crippen LogP) is 3.76. The van der Waals surface area contributed by atoms with Gasteiger partial charge in [-0.05, 0) is 12.8 Å². The van der Waals surface area contributed by atoms with Crippen LogP contribution in [0.1, 0.15) is 90.9 Å². The van der Waals surface area contributed by atoms with Gasteiger partial charge < -0.3 is 28.8 Å². The lowest BCUT2D eigenvalue weighted by Gasteiger charge is -2.30. The number of hydrogen-bond acceptors (Lipinski definition) is 6. The highest BCUT2D eigenvalue weighted by Crippen LogP contribution is 2.38. The van der Waals surface area contributed by atoms with E-state index in [1.54, 1.807) is 0 Å². The molecular weight excluding hydrogens is 431 g/mol. The van der Waals surface area contributed by atoms with Crippen molar-refractivity contribution in [2.45, 2.75) is 103 Å². The summed E-state index contributed by atoms with van der Waals surface area (Å²) < 4.78 is 22.6. The molecule has 0 radical (unpaired) electrons. The highest BCUT2D eigenvalue weighted by molar-refractivity contribution is 7.45. The highest BCUT2D eigenvalue weighted by Gasteiger charge is 2.24. The molecule has 0 rings (SSSR count). The molecule has 0 spiro atoms. The zero-order chi connectivity index (χ0) is 24.5. The van der Waals surface area contributed by atoms with E-state index in [2.05, 4.69) is 19.2 Å². The Labute approximate surface area is 196 Å². The molecule has 0 fully saturated rings. The maximum atomic E-state index is 12.3. The van der Waals surface area contributed by atoms with Gasteiger partial charge in [0.05, 0.1) is 39.9 Å². The molecule has 0 aliphatic carbocycles. The summed E-state index contributed by atoms with van der Waals surface area (Å²) in [7, 11) is 1.29. The third kappa shape index (κ3) is 19.0. The van der Waals surface area contributed by atoms with Crippen LogP contribution in [0.25, 0.3) is 0 Å². The van der Waals surface area contributed by atoms with Crippen LogP contribution in [0.5, 0.6) is 0 Å². The first-order valence-corrected chi connectivity index (χ1v) is 13.8. The van der Waals surface area contributed by atoms with Gasteiger partial charge in [-0.1, -0.05) is 71.6 Å². The number of phosphoric ester groups is 1.